The Morgan fingerprint density at radius 3 is 2.71 bits per heavy atom. The van der Waals surface area contributed by atoms with Crippen molar-refractivity contribution in [2.45, 2.75) is 50.7 Å². The largest absolute Gasteiger partial charge is 0.348 e. The fraction of sp³-hybridized carbons (Fsp3) is 0.400. The molecule has 6 heteroatoms. The second-order valence-corrected chi connectivity index (χ2v) is 8.98. The summed E-state index contributed by atoms with van der Waals surface area (Å²) in [5.41, 5.74) is 3.58. The van der Waals surface area contributed by atoms with Crippen LogP contribution in [0.5, 0.6) is 0 Å². The lowest BCUT2D eigenvalue weighted by Gasteiger charge is -2.22. The number of piperidine rings is 1. The van der Waals surface area contributed by atoms with E-state index in [1.165, 1.54) is 6.07 Å². The van der Waals surface area contributed by atoms with Gasteiger partial charge in [-0.25, -0.2) is 4.39 Å². The van der Waals surface area contributed by atoms with Gasteiger partial charge in [-0.1, -0.05) is 18.2 Å². The number of hydrogen-bond acceptors (Lipinski definition) is 4. The van der Waals surface area contributed by atoms with Crippen molar-refractivity contribution in [2.24, 2.45) is 11.8 Å². The van der Waals surface area contributed by atoms with Crippen LogP contribution in [0.3, 0.4) is 0 Å². The minimum absolute atomic E-state index is 0.0806. The van der Waals surface area contributed by atoms with Gasteiger partial charge in [-0.2, -0.15) is 5.26 Å². The van der Waals surface area contributed by atoms with Crippen molar-refractivity contribution in [3.63, 3.8) is 0 Å². The van der Waals surface area contributed by atoms with Gasteiger partial charge in [0.1, 0.15) is 5.82 Å². The van der Waals surface area contributed by atoms with Gasteiger partial charge in [0.05, 0.1) is 18.0 Å². The van der Waals surface area contributed by atoms with Gasteiger partial charge >= 0.3 is 0 Å². The molecule has 0 aromatic heterocycles. The second-order valence-electron chi connectivity index (χ2n) is 8.98. The summed E-state index contributed by atoms with van der Waals surface area (Å²) in [7, 11) is 0. The zero-order valence-corrected chi connectivity index (χ0v) is 17.2. The van der Waals surface area contributed by atoms with Gasteiger partial charge in [-0.3, -0.25) is 9.59 Å². The Balaban J connectivity index is 1.28. The molecule has 2 aliphatic heterocycles. The van der Waals surface area contributed by atoms with E-state index in [-0.39, 0.29) is 36.4 Å². The summed E-state index contributed by atoms with van der Waals surface area (Å²) in [6, 6.07) is 13.0. The number of ketones is 1. The monoisotopic (exact) mass is 417 g/mol. The highest BCUT2D eigenvalue weighted by Crippen LogP contribution is 2.36. The quantitative estimate of drug-likeness (QED) is 0.754. The van der Waals surface area contributed by atoms with Crippen LogP contribution in [0.15, 0.2) is 36.4 Å². The molecule has 2 fully saturated rings. The topological polar surface area (TPSA) is 82.0 Å². The fourth-order valence-electron chi connectivity index (χ4n) is 5.32. The van der Waals surface area contributed by atoms with E-state index in [2.05, 4.69) is 16.7 Å². The summed E-state index contributed by atoms with van der Waals surface area (Å²) < 4.78 is 14.9. The van der Waals surface area contributed by atoms with Gasteiger partial charge in [0.2, 0.25) is 0 Å². The molecule has 2 bridgehead atoms. The highest BCUT2D eigenvalue weighted by atomic mass is 19.1. The predicted molar refractivity (Wildman–Crippen MR) is 113 cm³/mol. The second kappa shape index (κ2) is 7.90. The van der Waals surface area contributed by atoms with Gasteiger partial charge in [0, 0.05) is 24.6 Å². The highest BCUT2D eigenvalue weighted by Gasteiger charge is 2.42. The lowest BCUT2D eigenvalue weighted by Crippen LogP contribution is -2.42. The predicted octanol–water partition coefficient (Wildman–Crippen LogP) is 3.52. The number of halogens is 1. The number of Topliss-reactive ketones (excluding diaryl/α,β-unsaturated/α-hetero) is 1. The zero-order valence-electron chi connectivity index (χ0n) is 17.2. The summed E-state index contributed by atoms with van der Waals surface area (Å²) in [6.07, 6.45) is 3.64. The summed E-state index contributed by atoms with van der Waals surface area (Å²) >= 11 is 0. The summed E-state index contributed by atoms with van der Waals surface area (Å²) in [4.78, 5) is 24.4. The minimum Gasteiger partial charge on any atom is -0.348 e. The Morgan fingerprint density at radius 1 is 1.19 bits per heavy atom. The molecule has 2 heterocycles. The Bertz CT molecular complexity index is 1110. The molecule has 5 nitrogen and oxygen atoms in total. The molecule has 0 radical (unpaired) electrons. The number of nitrogens with zero attached hydrogens (tertiary/aromatic N) is 1. The van der Waals surface area contributed by atoms with E-state index in [0.29, 0.717) is 29.6 Å². The smallest absolute Gasteiger partial charge is 0.251 e. The molecule has 1 saturated carbocycles. The van der Waals surface area contributed by atoms with Crippen molar-refractivity contribution in [3.05, 3.63) is 58.9 Å². The van der Waals surface area contributed by atoms with Crippen molar-refractivity contribution < 1.29 is 14.0 Å². The molecule has 3 aliphatic rings. The lowest BCUT2D eigenvalue weighted by molar-refractivity contribution is -0.122. The number of nitrogens with one attached hydrogen (secondary N) is 2. The minimum atomic E-state index is -0.536. The van der Waals surface area contributed by atoms with Gasteiger partial charge in [-0.15, -0.1) is 0 Å². The molecule has 2 N–H and O–H groups in total. The Kier molecular flexibility index (Phi) is 5.07. The molecular formula is C25H24FN3O2. The van der Waals surface area contributed by atoms with Crippen LogP contribution in [0.2, 0.25) is 0 Å². The van der Waals surface area contributed by atoms with Crippen LogP contribution in [0.4, 0.5) is 4.39 Å². The van der Waals surface area contributed by atoms with Crippen LogP contribution < -0.4 is 10.6 Å². The van der Waals surface area contributed by atoms with Crippen LogP contribution in [-0.4, -0.2) is 23.8 Å². The summed E-state index contributed by atoms with van der Waals surface area (Å²) in [5, 5.41) is 15.7. The van der Waals surface area contributed by atoms with Crippen LogP contribution in [0, 0.1) is 29.0 Å². The average molecular weight is 417 g/mol. The highest BCUT2D eigenvalue weighted by molar-refractivity contribution is 5.98. The number of fused-ring (bicyclic) bond motifs is 3. The molecule has 0 spiro atoms. The fourth-order valence-corrected chi connectivity index (χ4v) is 5.32. The summed E-state index contributed by atoms with van der Waals surface area (Å²) in [6.45, 7) is 0.484. The van der Waals surface area contributed by atoms with Crippen molar-refractivity contribution in [3.8, 4) is 17.2 Å². The van der Waals surface area contributed by atoms with Crippen molar-refractivity contribution >= 4 is 11.7 Å². The first-order valence-corrected chi connectivity index (χ1v) is 10.9. The number of hydrogen-bond donors (Lipinski definition) is 2. The molecular weight excluding hydrogens is 393 g/mol. The van der Waals surface area contributed by atoms with Crippen LogP contribution in [0.1, 0.15) is 47.2 Å². The number of nitriles is 1. The Hall–Kier alpha value is -3.04. The number of carbonyl (C=O) groups is 2. The number of carbonyl (C=O) groups excluding carboxylic acids is 2. The zero-order chi connectivity index (χ0) is 21.5. The third-order valence-corrected chi connectivity index (χ3v) is 6.98. The molecule has 1 unspecified atom stereocenters. The Labute approximate surface area is 180 Å². The third kappa shape index (κ3) is 3.75. The van der Waals surface area contributed by atoms with Crippen LogP contribution >= 0.6 is 0 Å². The molecule has 2 aromatic carbocycles. The van der Waals surface area contributed by atoms with Gasteiger partial charge in [-0.05, 0) is 72.1 Å². The number of benzene rings is 2. The van der Waals surface area contributed by atoms with Crippen molar-refractivity contribution in [2.75, 3.05) is 0 Å². The van der Waals surface area contributed by atoms with E-state index in [1.54, 1.807) is 12.1 Å². The normalized spacial score (nSPS) is 24.5. The van der Waals surface area contributed by atoms with Gasteiger partial charge in [0.15, 0.2) is 5.78 Å². The third-order valence-electron chi connectivity index (χ3n) is 6.98. The van der Waals surface area contributed by atoms with Crippen LogP contribution in [-0.2, 0) is 17.8 Å². The maximum Gasteiger partial charge on any atom is 0.251 e. The number of amides is 1. The van der Waals surface area contributed by atoms with E-state index < -0.39 is 5.92 Å². The van der Waals surface area contributed by atoms with E-state index >= 15 is 0 Å². The summed E-state index contributed by atoms with van der Waals surface area (Å²) in [5.74, 6) is -0.521. The van der Waals surface area contributed by atoms with E-state index in [9.17, 15) is 19.2 Å². The standard InChI is InChI=1S/C25H24FN3O2/c26-22-11-16(15-4-6-21-19(9-15)13-28-25(21)31)1-2-17(22)7-14(12-27)8-23(30)24-18-3-5-20(10-18)29-24/h1-2,4,6,9,11,14,18,20,24,29H,3,5,7-8,10,13H2,(H,28,31)/t14?,18-,20+,24-/m0/s1. The lowest BCUT2D eigenvalue weighted by atomic mass is 9.88. The molecule has 1 amide bonds. The maximum atomic E-state index is 14.9. The molecule has 2 aromatic rings. The van der Waals surface area contributed by atoms with Crippen LogP contribution in [0.25, 0.3) is 11.1 Å². The molecule has 1 saturated heterocycles. The molecule has 31 heavy (non-hydrogen) atoms. The molecule has 158 valence electrons. The van der Waals surface area contributed by atoms with E-state index in [0.717, 1.165) is 36.0 Å². The SMILES string of the molecule is N#CC(CC(=O)[C@H]1N[C@@H]2CC[C@H]1C2)Cc1ccc(-c2ccc3c(c2)CNC3=O)cc1F. The molecule has 5 rings (SSSR count). The number of rotatable bonds is 6. The van der Waals surface area contributed by atoms with Gasteiger partial charge in [0.25, 0.3) is 5.91 Å². The maximum absolute atomic E-state index is 14.9. The first-order chi connectivity index (χ1) is 15.0. The van der Waals surface area contributed by atoms with Gasteiger partial charge < -0.3 is 10.6 Å². The first-order valence-electron chi connectivity index (χ1n) is 10.9. The van der Waals surface area contributed by atoms with E-state index in [4.69, 9.17) is 0 Å². The molecule has 1 aliphatic carbocycles. The van der Waals surface area contributed by atoms with E-state index in [1.807, 2.05) is 18.2 Å². The average Bonchev–Trinajstić information content (AvgIpc) is 3.50. The first kappa shape index (κ1) is 19.9. The Morgan fingerprint density at radius 2 is 2.00 bits per heavy atom. The molecule has 4 atom stereocenters. The van der Waals surface area contributed by atoms with Crippen molar-refractivity contribution in [1.29, 1.82) is 5.26 Å². The van der Waals surface area contributed by atoms with Crippen molar-refractivity contribution in [1.82, 2.24) is 10.6 Å².